The number of ether oxygens (including phenoxy) is 3. The van der Waals surface area contributed by atoms with Gasteiger partial charge in [0.1, 0.15) is 11.5 Å². The molecule has 0 fully saturated rings. The number of phenols is 1. The Bertz CT molecular complexity index is 847. The van der Waals surface area contributed by atoms with Gasteiger partial charge in [-0.2, -0.15) is 0 Å². The van der Waals surface area contributed by atoms with Gasteiger partial charge in [-0.05, 0) is 61.0 Å². The van der Waals surface area contributed by atoms with Crippen LogP contribution in [0, 0.1) is 0 Å². The highest BCUT2D eigenvalue weighted by Gasteiger charge is 2.22. The SMILES string of the molecule is CCOc1cc(/C=C2/C=C(c3ccc(OC)cc3)OC2=O)ccc1O. The maximum absolute atomic E-state index is 12.1. The fourth-order valence-electron chi connectivity index (χ4n) is 2.46. The second kappa shape index (κ2) is 7.13. The molecule has 0 radical (unpaired) electrons. The summed E-state index contributed by atoms with van der Waals surface area (Å²) in [4.78, 5) is 12.1. The van der Waals surface area contributed by atoms with Gasteiger partial charge < -0.3 is 19.3 Å². The maximum atomic E-state index is 12.1. The number of benzene rings is 2. The highest BCUT2D eigenvalue weighted by molar-refractivity contribution is 6.05. The first-order valence-corrected chi connectivity index (χ1v) is 7.86. The lowest BCUT2D eigenvalue weighted by Crippen LogP contribution is -1.97. The van der Waals surface area contributed by atoms with E-state index in [4.69, 9.17) is 14.2 Å². The first-order valence-electron chi connectivity index (χ1n) is 7.86. The van der Waals surface area contributed by atoms with Gasteiger partial charge in [-0.25, -0.2) is 4.79 Å². The summed E-state index contributed by atoms with van der Waals surface area (Å²) in [7, 11) is 1.60. The zero-order valence-electron chi connectivity index (χ0n) is 14.0. The Morgan fingerprint density at radius 2 is 1.92 bits per heavy atom. The molecule has 0 atom stereocenters. The summed E-state index contributed by atoms with van der Waals surface area (Å²) in [5.74, 6) is 1.24. The molecule has 5 nitrogen and oxygen atoms in total. The molecular formula is C20H18O5. The Morgan fingerprint density at radius 3 is 2.60 bits per heavy atom. The molecule has 1 aliphatic heterocycles. The average Bonchev–Trinajstić information content (AvgIpc) is 2.99. The van der Waals surface area contributed by atoms with Gasteiger partial charge in [0.25, 0.3) is 0 Å². The van der Waals surface area contributed by atoms with E-state index in [1.807, 2.05) is 19.1 Å². The zero-order valence-corrected chi connectivity index (χ0v) is 14.0. The monoisotopic (exact) mass is 338 g/mol. The van der Waals surface area contributed by atoms with E-state index in [1.54, 1.807) is 43.5 Å². The fourth-order valence-corrected chi connectivity index (χ4v) is 2.46. The minimum atomic E-state index is -0.420. The van der Waals surface area contributed by atoms with Gasteiger partial charge in [0.15, 0.2) is 11.5 Å². The third kappa shape index (κ3) is 3.66. The first-order chi connectivity index (χ1) is 12.1. The quantitative estimate of drug-likeness (QED) is 0.664. The van der Waals surface area contributed by atoms with Crippen molar-refractivity contribution in [1.29, 1.82) is 0 Å². The number of phenolic OH excluding ortho intramolecular Hbond substituents is 1. The smallest absolute Gasteiger partial charge is 0.343 e. The topological polar surface area (TPSA) is 65.0 Å². The van der Waals surface area contributed by atoms with Crippen LogP contribution in [0.2, 0.25) is 0 Å². The Morgan fingerprint density at radius 1 is 1.16 bits per heavy atom. The molecule has 0 spiro atoms. The van der Waals surface area contributed by atoms with Crippen molar-refractivity contribution in [2.45, 2.75) is 6.92 Å². The van der Waals surface area contributed by atoms with Crippen molar-refractivity contribution in [3.63, 3.8) is 0 Å². The van der Waals surface area contributed by atoms with Crippen molar-refractivity contribution < 1.29 is 24.1 Å². The van der Waals surface area contributed by atoms with Crippen LogP contribution in [-0.4, -0.2) is 24.8 Å². The molecule has 128 valence electrons. The lowest BCUT2D eigenvalue weighted by Gasteiger charge is -2.06. The molecule has 0 bridgehead atoms. The second-order valence-electron chi connectivity index (χ2n) is 5.39. The van der Waals surface area contributed by atoms with Gasteiger partial charge in [0.05, 0.1) is 19.3 Å². The van der Waals surface area contributed by atoms with Gasteiger partial charge in [-0.3, -0.25) is 0 Å². The van der Waals surface area contributed by atoms with Crippen molar-refractivity contribution in [2.75, 3.05) is 13.7 Å². The van der Waals surface area contributed by atoms with E-state index in [2.05, 4.69) is 0 Å². The number of hydrogen-bond acceptors (Lipinski definition) is 5. The zero-order chi connectivity index (χ0) is 17.8. The van der Waals surface area contributed by atoms with E-state index in [9.17, 15) is 9.90 Å². The molecular weight excluding hydrogens is 320 g/mol. The largest absolute Gasteiger partial charge is 0.504 e. The van der Waals surface area contributed by atoms with Crippen LogP contribution >= 0.6 is 0 Å². The summed E-state index contributed by atoms with van der Waals surface area (Å²) in [5.41, 5.74) is 1.96. The highest BCUT2D eigenvalue weighted by Crippen LogP contribution is 2.31. The predicted octanol–water partition coefficient (Wildman–Crippen LogP) is 3.78. The van der Waals surface area contributed by atoms with Crippen LogP contribution in [0.4, 0.5) is 0 Å². The molecule has 25 heavy (non-hydrogen) atoms. The van der Waals surface area contributed by atoms with Crippen molar-refractivity contribution in [3.8, 4) is 17.2 Å². The Hall–Kier alpha value is -3.21. The molecule has 1 aliphatic rings. The van der Waals surface area contributed by atoms with E-state index in [0.717, 1.165) is 16.9 Å². The highest BCUT2D eigenvalue weighted by atomic mass is 16.5. The molecule has 1 heterocycles. The molecule has 3 rings (SSSR count). The number of cyclic esters (lactones) is 1. The van der Waals surface area contributed by atoms with Crippen LogP contribution in [-0.2, 0) is 9.53 Å². The van der Waals surface area contributed by atoms with Crippen LogP contribution < -0.4 is 9.47 Å². The number of carbonyl (C=O) groups is 1. The molecule has 0 aromatic heterocycles. The number of methoxy groups -OCH3 is 1. The average molecular weight is 338 g/mol. The lowest BCUT2D eigenvalue weighted by atomic mass is 10.1. The van der Waals surface area contributed by atoms with Gasteiger partial charge in [-0.15, -0.1) is 0 Å². The molecule has 0 unspecified atom stereocenters. The molecule has 5 heteroatoms. The summed E-state index contributed by atoms with van der Waals surface area (Å²) in [6.45, 7) is 2.28. The van der Waals surface area contributed by atoms with Crippen LogP contribution in [0.1, 0.15) is 18.1 Å². The van der Waals surface area contributed by atoms with E-state index < -0.39 is 5.97 Å². The summed E-state index contributed by atoms with van der Waals surface area (Å²) in [6.07, 6.45) is 3.39. The summed E-state index contributed by atoms with van der Waals surface area (Å²) in [6, 6.07) is 12.2. The number of carbonyl (C=O) groups excluding carboxylic acids is 1. The number of esters is 1. The number of aromatic hydroxyl groups is 1. The van der Waals surface area contributed by atoms with Gasteiger partial charge in [0.2, 0.25) is 0 Å². The molecule has 0 aliphatic carbocycles. The third-order valence-electron chi connectivity index (χ3n) is 3.71. The normalized spacial score (nSPS) is 15.0. The van der Waals surface area contributed by atoms with E-state index in [1.165, 1.54) is 6.07 Å². The Labute approximate surface area is 145 Å². The molecule has 0 saturated carbocycles. The minimum Gasteiger partial charge on any atom is -0.504 e. The van der Waals surface area contributed by atoms with E-state index >= 15 is 0 Å². The molecule has 2 aromatic carbocycles. The molecule has 1 N–H and O–H groups in total. The summed E-state index contributed by atoms with van der Waals surface area (Å²) in [5, 5.41) is 9.75. The molecule has 0 saturated heterocycles. The molecule has 2 aromatic rings. The van der Waals surface area contributed by atoms with Crippen LogP contribution in [0.15, 0.2) is 54.1 Å². The second-order valence-corrected chi connectivity index (χ2v) is 5.39. The molecule has 0 amide bonds. The standard InChI is InChI=1S/C20H18O5/c1-3-24-19-11-13(4-9-17(19)21)10-15-12-18(25-20(15)22)14-5-7-16(23-2)8-6-14/h4-12,21H,3H2,1-2H3/b15-10-. The van der Waals surface area contributed by atoms with E-state index in [-0.39, 0.29) is 5.75 Å². The Balaban J connectivity index is 1.88. The van der Waals surface area contributed by atoms with Crippen LogP contribution in [0.5, 0.6) is 17.2 Å². The van der Waals surface area contributed by atoms with Crippen LogP contribution in [0.3, 0.4) is 0 Å². The van der Waals surface area contributed by atoms with Crippen LogP contribution in [0.25, 0.3) is 11.8 Å². The van der Waals surface area contributed by atoms with E-state index in [0.29, 0.717) is 23.7 Å². The van der Waals surface area contributed by atoms with Gasteiger partial charge >= 0.3 is 5.97 Å². The number of rotatable bonds is 5. The minimum absolute atomic E-state index is 0.0625. The maximum Gasteiger partial charge on any atom is 0.343 e. The lowest BCUT2D eigenvalue weighted by molar-refractivity contribution is -0.130. The number of hydrogen-bond donors (Lipinski definition) is 1. The fraction of sp³-hybridized carbons (Fsp3) is 0.150. The van der Waals surface area contributed by atoms with Crippen molar-refractivity contribution >= 4 is 17.8 Å². The summed E-state index contributed by atoms with van der Waals surface area (Å²) < 4.78 is 15.8. The third-order valence-corrected chi connectivity index (χ3v) is 3.71. The van der Waals surface area contributed by atoms with Crippen molar-refractivity contribution in [1.82, 2.24) is 0 Å². The Kier molecular flexibility index (Phi) is 4.75. The van der Waals surface area contributed by atoms with Gasteiger partial charge in [-0.1, -0.05) is 6.07 Å². The summed E-state index contributed by atoms with van der Waals surface area (Å²) >= 11 is 0. The van der Waals surface area contributed by atoms with Crippen molar-refractivity contribution in [2.24, 2.45) is 0 Å². The van der Waals surface area contributed by atoms with Gasteiger partial charge in [0, 0.05) is 5.56 Å². The predicted molar refractivity (Wildman–Crippen MR) is 94.3 cm³/mol. The van der Waals surface area contributed by atoms with Crippen molar-refractivity contribution in [3.05, 3.63) is 65.2 Å². The first kappa shape index (κ1) is 16.6.